The normalized spacial score (nSPS) is 8.08. The van der Waals surface area contributed by atoms with E-state index in [2.05, 4.69) is 6.58 Å². The molecule has 0 aromatic heterocycles. The SMILES string of the molecule is C=C(CCC)C(N)=O.CN(C)C.N. The maximum atomic E-state index is 10.2. The third-order valence-electron chi connectivity index (χ3n) is 0.900. The molecule has 0 aliphatic rings. The maximum absolute atomic E-state index is 10.2. The highest BCUT2D eigenvalue weighted by Gasteiger charge is 1.96. The van der Waals surface area contributed by atoms with Crippen molar-refractivity contribution >= 4 is 5.91 Å². The third kappa shape index (κ3) is 24.7. The summed E-state index contributed by atoms with van der Waals surface area (Å²) in [5.74, 6) is -0.383. The monoisotopic (exact) mass is 189 g/mol. The summed E-state index contributed by atoms with van der Waals surface area (Å²) < 4.78 is 0. The van der Waals surface area contributed by atoms with E-state index in [0.717, 1.165) is 12.8 Å². The lowest BCUT2D eigenvalue weighted by molar-refractivity contribution is -0.114. The number of carbonyl (C=O) groups is 1. The summed E-state index contributed by atoms with van der Waals surface area (Å²) in [5, 5.41) is 0. The second-order valence-corrected chi connectivity index (χ2v) is 3.06. The van der Waals surface area contributed by atoms with E-state index in [4.69, 9.17) is 5.73 Å². The van der Waals surface area contributed by atoms with Crippen molar-refractivity contribution in [1.29, 1.82) is 0 Å². The summed E-state index contributed by atoms with van der Waals surface area (Å²) in [4.78, 5) is 12.2. The first-order valence-electron chi connectivity index (χ1n) is 4.00. The molecule has 0 saturated heterocycles. The van der Waals surface area contributed by atoms with Gasteiger partial charge in [-0.3, -0.25) is 4.79 Å². The van der Waals surface area contributed by atoms with E-state index >= 15 is 0 Å². The van der Waals surface area contributed by atoms with E-state index < -0.39 is 0 Å². The van der Waals surface area contributed by atoms with Crippen molar-refractivity contribution < 1.29 is 4.79 Å². The Labute approximate surface area is 81.4 Å². The predicted octanol–water partition coefficient (Wildman–Crippen LogP) is 1.17. The van der Waals surface area contributed by atoms with E-state index in [9.17, 15) is 4.79 Å². The van der Waals surface area contributed by atoms with Gasteiger partial charge < -0.3 is 16.8 Å². The zero-order valence-electron chi connectivity index (χ0n) is 9.26. The van der Waals surface area contributed by atoms with Crippen molar-refractivity contribution in [2.75, 3.05) is 21.1 Å². The lowest BCUT2D eigenvalue weighted by atomic mass is 10.2. The molecule has 0 radical (unpaired) electrons. The van der Waals surface area contributed by atoms with Crippen LogP contribution < -0.4 is 11.9 Å². The van der Waals surface area contributed by atoms with Gasteiger partial charge in [-0.2, -0.15) is 0 Å². The van der Waals surface area contributed by atoms with Crippen LogP contribution in [0.5, 0.6) is 0 Å². The zero-order chi connectivity index (χ0) is 10.1. The number of carbonyl (C=O) groups excluding carboxylic acids is 1. The van der Waals surface area contributed by atoms with E-state index in [0.29, 0.717) is 5.57 Å². The number of hydrogen-bond donors (Lipinski definition) is 2. The minimum Gasteiger partial charge on any atom is -0.366 e. The Morgan fingerprint density at radius 3 is 1.77 bits per heavy atom. The Balaban J connectivity index is -0.000000173. The molecule has 0 saturated carbocycles. The van der Waals surface area contributed by atoms with E-state index in [1.807, 2.05) is 33.0 Å². The number of rotatable bonds is 3. The van der Waals surface area contributed by atoms with Gasteiger partial charge in [0.1, 0.15) is 0 Å². The van der Waals surface area contributed by atoms with Crippen LogP contribution in [0.15, 0.2) is 12.2 Å². The van der Waals surface area contributed by atoms with Crippen LogP contribution >= 0.6 is 0 Å². The lowest BCUT2D eigenvalue weighted by Crippen LogP contribution is -2.12. The average molecular weight is 189 g/mol. The first kappa shape index (κ1) is 18.0. The van der Waals surface area contributed by atoms with Crippen LogP contribution in [0.1, 0.15) is 19.8 Å². The van der Waals surface area contributed by atoms with Gasteiger partial charge in [-0.25, -0.2) is 0 Å². The summed E-state index contributed by atoms with van der Waals surface area (Å²) in [6.45, 7) is 5.45. The maximum Gasteiger partial charge on any atom is 0.244 e. The molecule has 0 fully saturated rings. The third-order valence-corrected chi connectivity index (χ3v) is 0.900. The fourth-order valence-electron chi connectivity index (χ4n) is 0.425. The smallest absolute Gasteiger partial charge is 0.244 e. The average Bonchev–Trinajstić information content (AvgIpc) is 1.86. The summed E-state index contributed by atoms with van der Waals surface area (Å²) >= 11 is 0. The highest BCUT2D eigenvalue weighted by atomic mass is 16.1. The minimum absolute atomic E-state index is 0. The van der Waals surface area contributed by atoms with Crippen molar-refractivity contribution in [2.24, 2.45) is 5.73 Å². The van der Waals surface area contributed by atoms with Gasteiger partial charge in [0, 0.05) is 5.57 Å². The molecule has 0 aliphatic carbocycles. The van der Waals surface area contributed by atoms with Crippen LogP contribution in [0.2, 0.25) is 0 Å². The quantitative estimate of drug-likeness (QED) is 0.654. The second-order valence-electron chi connectivity index (χ2n) is 3.06. The minimum atomic E-state index is -0.383. The number of hydrogen-bond acceptors (Lipinski definition) is 3. The largest absolute Gasteiger partial charge is 0.366 e. The molecule has 0 atom stereocenters. The van der Waals surface area contributed by atoms with Gasteiger partial charge in [0.05, 0.1) is 0 Å². The van der Waals surface area contributed by atoms with E-state index in [1.165, 1.54) is 0 Å². The van der Waals surface area contributed by atoms with Crippen LogP contribution in [0.3, 0.4) is 0 Å². The first-order valence-corrected chi connectivity index (χ1v) is 4.00. The van der Waals surface area contributed by atoms with Gasteiger partial charge in [0.15, 0.2) is 0 Å². The standard InChI is InChI=1S/C6H11NO.C3H9N.H3N/c1-3-4-5(2)6(7)8;1-4(2)3;/h2-4H2,1H3,(H2,7,8);1-3H3;1H3. The Morgan fingerprint density at radius 1 is 1.38 bits per heavy atom. The van der Waals surface area contributed by atoms with Gasteiger partial charge >= 0.3 is 0 Å². The van der Waals surface area contributed by atoms with Crippen LogP contribution in [0.4, 0.5) is 0 Å². The molecule has 5 N–H and O–H groups in total. The van der Waals surface area contributed by atoms with Gasteiger partial charge in [-0.15, -0.1) is 0 Å². The van der Waals surface area contributed by atoms with Crippen LogP contribution in [-0.4, -0.2) is 32.0 Å². The molecular weight excluding hydrogens is 166 g/mol. The number of primary amides is 1. The molecule has 13 heavy (non-hydrogen) atoms. The number of nitrogens with zero attached hydrogens (tertiary/aromatic N) is 1. The van der Waals surface area contributed by atoms with Crippen molar-refractivity contribution in [3.05, 3.63) is 12.2 Å². The number of nitrogens with two attached hydrogens (primary N) is 1. The van der Waals surface area contributed by atoms with Crippen LogP contribution in [0, 0.1) is 0 Å². The van der Waals surface area contributed by atoms with E-state index in [-0.39, 0.29) is 12.1 Å². The van der Waals surface area contributed by atoms with Crippen molar-refractivity contribution in [3.8, 4) is 0 Å². The molecule has 0 aliphatic heterocycles. The summed E-state index contributed by atoms with van der Waals surface area (Å²) in [7, 11) is 6.00. The molecule has 0 aromatic carbocycles. The predicted molar refractivity (Wildman–Crippen MR) is 57.9 cm³/mol. The highest BCUT2D eigenvalue weighted by Crippen LogP contribution is 1.98. The highest BCUT2D eigenvalue weighted by molar-refractivity contribution is 5.91. The molecule has 0 unspecified atom stereocenters. The molecule has 4 heteroatoms. The van der Waals surface area contributed by atoms with Crippen molar-refractivity contribution in [1.82, 2.24) is 11.1 Å². The van der Waals surface area contributed by atoms with Crippen molar-refractivity contribution in [3.63, 3.8) is 0 Å². The molecule has 0 aromatic rings. The first-order chi connectivity index (χ1) is 5.41. The van der Waals surface area contributed by atoms with Crippen LogP contribution in [-0.2, 0) is 4.79 Å². The van der Waals surface area contributed by atoms with Gasteiger partial charge in [0.25, 0.3) is 0 Å². The van der Waals surface area contributed by atoms with Crippen molar-refractivity contribution in [2.45, 2.75) is 19.8 Å². The van der Waals surface area contributed by atoms with Gasteiger partial charge in [-0.1, -0.05) is 19.9 Å². The molecular formula is C9H23N3O. The molecule has 0 heterocycles. The van der Waals surface area contributed by atoms with Crippen LogP contribution in [0.25, 0.3) is 0 Å². The molecule has 0 bridgehead atoms. The fourth-order valence-corrected chi connectivity index (χ4v) is 0.425. The second kappa shape index (κ2) is 11.1. The Morgan fingerprint density at radius 2 is 1.69 bits per heavy atom. The van der Waals surface area contributed by atoms with Gasteiger partial charge in [-0.05, 0) is 27.6 Å². The lowest BCUT2D eigenvalue weighted by Gasteiger charge is -1.93. The molecule has 0 spiro atoms. The fraction of sp³-hybridized carbons (Fsp3) is 0.667. The molecule has 4 nitrogen and oxygen atoms in total. The number of amides is 1. The molecule has 80 valence electrons. The molecule has 0 rings (SSSR count). The van der Waals surface area contributed by atoms with Gasteiger partial charge in [0.2, 0.25) is 5.91 Å². The van der Waals surface area contributed by atoms with E-state index in [1.54, 1.807) is 0 Å². The Bertz CT molecular complexity index is 141. The summed E-state index contributed by atoms with van der Waals surface area (Å²) in [5.41, 5.74) is 5.40. The topological polar surface area (TPSA) is 81.3 Å². The Kier molecular flexibility index (Phi) is 15.4. The summed E-state index contributed by atoms with van der Waals surface area (Å²) in [6.07, 6.45) is 1.65. The zero-order valence-corrected chi connectivity index (χ0v) is 9.26. The summed E-state index contributed by atoms with van der Waals surface area (Å²) in [6, 6.07) is 0. The molecule has 1 amide bonds. The Hall–Kier alpha value is -0.870.